The van der Waals surface area contributed by atoms with Crippen LogP contribution >= 0.6 is 11.6 Å². The van der Waals surface area contributed by atoms with Crippen molar-refractivity contribution in [2.24, 2.45) is 5.92 Å². The van der Waals surface area contributed by atoms with Gasteiger partial charge in [0.25, 0.3) is 5.91 Å². The number of nitrogens with zero attached hydrogens (tertiary/aromatic N) is 1. The molecule has 0 radical (unpaired) electrons. The van der Waals surface area contributed by atoms with Gasteiger partial charge in [0.2, 0.25) is 0 Å². The Hall–Kier alpha value is -3.07. The zero-order valence-corrected chi connectivity index (χ0v) is 20.7. The van der Waals surface area contributed by atoms with Crippen molar-refractivity contribution in [1.82, 2.24) is 10.3 Å². The van der Waals surface area contributed by atoms with E-state index in [1.54, 1.807) is 0 Å². The molecule has 188 valence electrons. The maximum atomic E-state index is 12.2. The van der Waals surface area contributed by atoms with Gasteiger partial charge in [0.05, 0.1) is 13.2 Å². The fraction of sp³-hybridized carbons (Fsp3) is 0.458. The van der Waals surface area contributed by atoms with E-state index in [1.165, 1.54) is 32.4 Å². The number of carbonyl (C=O) groups is 2. The summed E-state index contributed by atoms with van der Waals surface area (Å²) in [7, 11) is 1.37. The van der Waals surface area contributed by atoms with Crippen LogP contribution in [0.2, 0.25) is 5.02 Å². The molecule has 0 spiro atoms. The quantitative estimate of drug-likeness (QED) is 0.422. The summed E-state index contributed by atoms with van der Waals surface area (Å²) in [5, 5.41) is 21.3. The third-order valence-corrected chi connectivity index (χ3v) is 5.23. The highest BCUT2D eigenvalue weighted by atomic mass is 35.5. The van der Waals surface area contributed by atoms with Crippen LogP contribution in [-0.2, 0) is 9.53 Å². The number of hydrogen-bond acceptors (Lipinski definition) is 7. The minimum absolute atomic E-state index is 0.133. The van der Waals surface area contributed by atoms with Gasteiger partial charge in [-0.1, -0.05) is 38.3 Å². The van der Waals surface area contributed by atoms with Gasteiger partial charge in [-0.15, -0.1) is 0 Å². The molecule has 2 rings (SSSR count). The van der Waals surface area contributed by atoms with Crippen molar-refractivity contribution in [1.29, 1.82) is 0 Å². The van der Waals surface area contributed by atoms with Crippen LogP contribution < -0.4 is 10.1 Å². The van der Waals surface area contributed by atoms with Crippen LogP contribution in [0, 0.1) is 11.7 Å². The third kappa shape index (κ3) is 9.43. The molecule has 34 heavy (non-hydrogen) atoms. The summed E-state index contributed by atoms with van der Waals surface area (Å²) in [4.78, 5) is 28.2. The normalized spacial score (nSPS) is 12.2. The first-order chi connectivity index (χ1) is 16.0. The molecular weight excluding hydrogens is 467 g/mol. The van der Waals surface area contributed by atoms with Crippen molar-refractivity contribution < 1.29 is 33.7 Å². The number of phenolic OH excluding ortho intramolecular Hbond substituents is 1. The van der Waals surface area contributed by atoms with Crippen molar-refractivity contribution >= 4 is 23.5 Å². The summed E-state index contributed by atoms with van der Waals surface area (Å²) in [5.41, 5.74) is -0.205. The molecule has 2 atom stereocenters. The second-order valence-electron chi connectivity index (χ2n) is 7.70. The maximum Gasteiger partial charge on any atom is 0.328 e. The van der Waals surface area contributed by atoms with E-state index >= 15 is 0 Å². The number of pyridine rings is 1. The number of nitrogens with one attached hydrogen (secondary N) is 1. The number of hydrogen-bond donors (Lipinski definition) is 3. The number of phenols is 1. The summed E-state index contributed by atoms with van der Waals surface area (Å²) >= 11 is 5.35. The molecule has 0 aliphatic rings. The molecule has 1 amide bonds. The topological polar surface area (TPSA) is 118 Å². The van der Waals surface area contributed by atoms with E-state index < -0.39 is 23.7 Å². The van der Waals surface area contributed by atoms with E-state index in [2.05, 4.69) is 24.1 Å². The predicted octanol–water partition coefficient (Wildman–Crippen LogP) is 4.86. The van der Waals surface area contributed by atoms with Crippen molar-refractivity contribution in [3.63, 3.8) is 0 Å². The molecule has 3 N–H and O–H groups in total. The Morgan fingerprint density at radius 2 is 1.82 bits per heavy atom. The highest BCUT2D eigenvalue weighted by Gasteiger charge is 2.24. The molecule has 0 saturated heterocycles. The Labute approximate surface area is 204 Å². The number of aromatic nitrogens is 1. The number of benzene rings is 1. The number of aromatic hydroxyl groups is 2. The van der Waals surface area contributed by atoms with Crippen molar-refractivity contribution in [2.45, 2.75) is 59.1 Å². The molecule has 0 bridgehead atoms. The van der Waals surface area contributed by atoms with Gasteiger partial charge in [-0.25, -0.2) is 14.2 Å². The monoisotopic (exact) mass is 498 g/mol. The Balaban J connectivity index is 0.000000533. The number of rotatable bonds is 9. The molecule has 0 saturated carbocycles. The van der Waals surface area contributed by atoms with Crippen molar-refractivity contribution in [2.75, 3.05) is 7.11 Å². The highest BCUT2D eigenvalue weighted by molar-refractivity contribution is 6.30. The summed E-state index contributed by atoms with van der Waals surface area (Å²) < 4.78 is 22.5. The lowest BCUT2D eigenvalue weighted by atomic mass is 9.97. The molecule has 0 fully saturated rings. The van der Waals surface area contributed by atoms with E-state index in [4.69, 9.17) is 26.2 Å². The molecule has 2 aromatic rings. The second kappa shape index (κ2) is 14.2. The molecule has 1 aromatic carbocycles. The zero-order valence-electron chi connectivity index (χ0n) is 20.0. The van der Waals surface area contributed by atoms with E-state index in [0.29, 0.717) is 5.92 Å². The first-order valence-electron chi connectivity index (χ1n) is 10.9. The predicted molar refractivity (Wildman–Crippen MR) is 127 cm³/mol. The maximum absolute atomic E-state index is 12.2. The molecule has 10 heteroatoms. The van der Waals surface area contributed by atoms with Gasteiger partial charge < -0.3 is 25.0 Å². The Morgan fingerprint density at radius 1 is 1.18 bits per heavy atom. The Bertz CT molecular complexity index is 905. The van der Waals surface area contributed by atoms with Gasteiger partial charge in [-0.05, 0) is 38.3 Å². The summed E-state index contributed by atoms with van der Waals surface area (Å²) in [6.07, 6.45) is 3.98. The van der Waals surface area contributed by atoms with Gasteiger partial charge in [-0.3, -0.25) is 4.79 Å². The molecule has 1 aromatic heterocycles. The lowest BCUT2D eigenvalue weighted by molar-refractivity contribution is -0.150. The van der Waals surface area contributed by atoms with Crippen LogP contribution in [0.5, 0.6) is 17.2 Å². The smallest absolute Gasteiger partial charge is 0.328 e. The van der Waals surface area contributed by atoms with Gasteiger partial charge in [0.15, 0.2) is 17.2 Å². The minimum atomic E-state index is -0.857. The number of methoxy groups -OCH3 is 1. The number of halogens is 2. The standard InChI is InChI=1S/C18H28N2O5.C6H4ClFO/c1-6-13(7-2)10-11(3)25-18(23)12(4)20-17(22)15-16(21)14(24-5)8-9-19-15;7-4-1-5(8)3-6(9)2-4/h8-9,11-13,21H,6-7,10H2,1-5H3,(H,20,22);1-3,9H/t11?,12-;/m0./s1. The Kier molecular flexibility index (Phi) is 12.1. The summed E-state index contributed by atoms with van der Waals surface area (Å²) in [6.45, 7) is 7.60. The van der Waals surface area contributed by atoms with Crippen LogP contribution in [0.3, 0.4) is 0 Å². The largest absolute Gasteiger partial charge is 0.508 e. The van der Waals surface area contributed by atoms with Crippen LogP contribution in [-0.4, -0.2) is 46.3 Å². The zero-order chi connectivity index (χ0) is 25.8. The lowest BCUT2D eigenvalue weighted by Gasteiger charge is -2.21. The van der Waals surface area contributed by atoms with Gasteiger partial charge in [0.1, 0.15) is 17.6 Å². The van der Waals surface area contributed by atoms with Gasteiger partial charge in [0, 0.05) is 23.4 Å². The minimum Gasteiger partial charge on any atom is -0.508 e. The van der Waals surface area contributed by atoms with E-state index in [1.807, 2.05) is 6.92 Å². The third-order valence-electron chi connectivity index (χ3n) is 5.01. The average Bonchev–Trinajstić information content (AvgIpc) is 2.76. The van der Waals surface area contributed by atoms with Crippen LogP contribution in [0.25, 0.3) is 0 Å². The van der Waals surface area contributed by atoms with Crippen LogP contribution in [0.4, 0.5) is 4.39 Å². The summed E-state index contributed by atoms with van der Waals surface area (Å²) in [5.74, 6) is -1.60. The second-order valence-corrected chi connectivity index (χ2v) is 8.14. The SMILES string of the molecule is CCC(CC)CC(C)OC(=O)[C@H](C)NC(=O)c1nccc(OC)c1O.Oc1cc(F)cc(Cl)c1. The number of ether oxygens (including phenoxy) is 2. The first kappa shape index (κ1) is 29.0. The summed E-state index contributed by atoms with van der Waals surface area (Å²) in [6, 6.07) is 3.96. The molecule has 0 aliphatic heterocycles. The number of carbonyl (C=O) groups excluding carboxylic acids is 2. The molecule has 1 unspecified atom stereocenters. The van der Waals surface area contributed by atoms with Gasteiger partial charge in [-0.2, -0.15) is 0 Å². The number of amides is 1. The molecular formula is C24H32ClFN2O6. The highest BCUT2D eigenvalue weighted by Crippen LogP contribution is 2.27. The average molecular weight is 499 g/mol. The van der Waals surface area contributed by atoms with Crippen molar-refractivity contribution in [3.8, 4) is 17.2 Å². The van der Waals surface area contributed by atoms with Gasteiger partial charge >= 0.3 is 5.97 Å². The molecule has 8 nitrogen and oxygen atoms in total. The van der Waals surface area contributed by atoms with Crippen LogP contribution in [0.1, 0.15) is 57.4 Å². The molecule has 1 heterocycles. The fourth-order valence-electron chi connectivity index (χ4n) is 3.07. The van der Waals surface area contributed by atoms with E-state index in [0.717, 1.165) is 31.4 Å². The van der Waals surface area contributed by atoms with E-state index in [9.17, 15) is 19.1 Å². The van der Waals surface area contributed by atoms with Crippen LogP contribution in [0.15, 0.2) is 30.5 Å². The van der Waals surface area contributed by atoms with E-state index in [-0.39, 0.29) is 34.1 Å². The van der Waals surface area contributed by atoms with Crippen molar-refractivity contribution in [3.05, 3.63) is 47.0 Å². The Morgan fingerprint density at radius 3 is 2.35 bits per heavy atom. The number of esters is 1. The lowest BCUT2D eigenvalue weighted by Crippen LogP contribution is -2.41. The first-order valence-corrected chi connectivity index (χ1v) is 11.3. The fourth-order valence-corrected chi connectivity index (χ4v) is 3.29. The molecule has 0 aliphatic carbocycles.